The third-order valence-corrected chi connectivity index (χ3v) is 4.28. The number of nitrogens with zero attached hydrogens (tertiary/aromatic N) is 2. The maximum Gasteiger partial charge on any atom is 0.328 e. The monoisotopic (exact) mass is 352 g/mol. The van der Waals surface area contributed by atoms with E-state index in [2.05, 4.69) is 10.3 Å². The van der Waals surface area contributed by atoms with Gasteiger partial charge in [-0.2, -0.15) is 0 Å². The summed E-state index contributed by atoms with van der Waals surface area (Å²) in [5, 5.41) is 3.70. The standard InChI is InChI=1S/C16H20N4O3.ClH/c1-11-10-17-7-9-19(11)14(21)6-8-20-13-5-3-2-4-12(13)15(22)18-16(20)23;/h2-5,11,17H,6-10H2,1H3,(H,18,22,23);1H. The highest BCUT2D eigenvalue weighted by atomic mass is 35.5. The van der Waals surface area contributed by atoms with Crippen LogP contribution in [0.3, 0.4) is 0 Å². The lowest BCUT2D eigenvalue weighted by Gasteiger charge is -2.34. The lowest BCUT2D eigenvalue weighted by Crippen LogP contribution is -2.52. The number of piperazine rings is 1. The lowest BCUT2D eigenvalue weighted by molar-refractivity contribution is -0.134. The van der Waals surface area contributed by atoms with E-state index in [0.29, 0.717) is 17.4 Å². The summed E-state index contributed by atoms with van der Waals surface area (Å²) in [4.78, 5) is 40.5. The molecule has 1 aliphatic heterocycles. The van der Waals surface area contributed by atoms with E-state index in [1.54, 1.807) is 24.3 Å². The summed E-state index contributed by atoms with van der Waals surface area (Å²) in [6.07, 6.45) is 0.236. The first-order valence-electron chi connectivity index (χ1n) is 7.80. The van der Waals surface area contributed by atoms with Crippen molar-refractivity contribution in [3.63, 3.8) is 0 Å². The molecule has 1 atom stereocenters. The average molecular weight is 353 g/mol. The van der Waals surface area contributed by atoms with E-state index in [0.717, 1.165) is 13.1 Å². The maximum absolute atomic E-state index is 12.4. The van der Waals surface area contributed by atoms with Gasteiger partial charge in [0.15, 0.2) is 0 Å². The molecule has 7 nitrogen and oxygen atoms in total. The SMILES string of the molecule is CC1CNCCN1C(=O)CCn1c(=O)[nH]c(=O)c2ccccc21.Cl. The summed E-state index contributed by atoms with van der Waals surface area (Å²) in [5.74, 6) is 0.0289. The second-order valence-corrected chi connectivity index (χ2v) is 5.82. The predicted octanol–water partition coefficient (Wildman–Crippen LogP) is 0.322. The van der Waals surface area contributed by atoms with Crippen LogP contribution in [0.5, 0.6) is 0 Å². The average Bonchev–Trinajstić information content (AvgIpc) is 2.55. The van der Waals surface area contributed by atoms with Crippen LogP contribution in [0.1, 0.15) is 13.3 Å². The summed E-state index contributed by atoms with van der Waals surface area (Å²) in [7, 11) is 0. The van der Waals surface area contributed by atoms with Gasteiger partial charge in [-0.05, 0) is 19.1 Å². The minimum atomic E-state index is -0.477. The first kappa shape index (κ1) is 18.2. The number of hydrogen-bond donors (Lipinski definition) is 2. The van der Waals surface area contributed by atoms with Crippen molar-refractivity contribution in [3.8, 4) is 0 Å². The van der Waals surface area contributed by atoms with Crippen LogP contribution in [0, 0.1) is 0 Å². The van der Waals surface area contributed by atoms with Crippen molar-refractivity contribution in [2.45, 2.75) is 25.9 Å². The number of aromatic amines is 1. The second kappa shape index (κ2) is 7.63. The van der Waals surface area contributed by atoms with Crippen molar-refractivity contribution in [3.05, 3.63) is 45.1 Å². The molecule has 0 radical (unpaired) electrons. The number of nitrogens with one attached hydrogen (secondary N) is 2. The molecule has 1 unspecified atom stereocenters. The predicted molar refractivity (Wildman–Crippen MR) is 94.7 cm³/mol. The smallest absolute Gasteiger partial charge is 0.328 e. The van der Waals surface area contributed by atoms with Crippen LogP contribution in [0.25, 0.3) is 10.9 Å². The van der Waals surface area contributed by atoms with E-state index < -0.39 is 11.2 Å². The number of benzene rings is 1. The maximum atomic E-state index is 12.4. The number of para-hydroxylation sites is 1. The summed E-state index contributed by atoms with van der Waals surface area (Å²) >= 11 is 0. The van der Waals surface area contributed by atoms with Crippen LogP contribution in [0.2, 0.25) is 0 Å². The Morgan fingerprint density at radius 1 is 1.29 bits per heavy atom. The molecule has 1 amide bonds. The lowest BCUT2D eigenvalue weighted by atomic mass is 10.2. The molecule has 2 heterocycles. The molecular formula is C16H21ClN4O3. The van der Waals surface area contributed by atoms with Crippen LogP contribution < -0.4 is 16.6 Å². The van der Waals surface area contributed by atoms with Crippen molar-refractivity contribution in [1.82, 2.24) is 19.8 Å². The highest BCUT2D eigenvalue weighted by Crippen LogP contribution is 2.09. The van der Waals surface area contributed by atoms with Crippen LogP contribution in [-0.4, -0.2) is 46.0 Å². The molecule has 2 N–H and O–H groups in total. The van der Waals surface area contributed by atoms with Gasteiger partial charge in [0.05, 0.1) is 10.9 Å². The molecule has 1 saturated heterocycles. The minimum absolute atomic E-state index is 0. The van der Waals surface area contributed by atoms with Crippen molar-refractivity contribution < 1.29 is 4.79 Å². The topological polar surface area (TPSA) is 87.2 Å². The number of hydrogen-bond acceptors (Lipinski definition) is 4. The molecule has 24 heavy (non-hydrogen) atoms. The Morgan fingerprint density at radius 2 is 2.04 bits per heavy atom. The molecule has 8 heteroatoms. The summed E-state index contributed by atoms with van der Waals surface area (Å²) < 4.78 is 1.46. The van der Waals surface area contributed by atoms with Gasteiger partial charge >= 0.3 is 5.69 Å². The van der Waals surface area contributed by atoms with Crippen LogP contribution in [-0.2, 0) is 11.3 Å². The summed E-state index contributed by atoms with van der Waals surface area (Å²) in [6, 6.07) is 7.08. The molecule has 1 aromatic heterocycles. The van der Waals surface area contributed by atoms with Gasteiger partial charge in [-0.25, -0.2) is 4.79 Å². The quantitative estimate of drug-likeness (QED) is 0.833. The normalized spacial score (nSPS) is 17.5. The second-order valence-electron chi connectivity index (χ2n) is 5.82. The summed E-state index contributed by atoms with van der Waals surface area (Å²) in [5.41, 5.74) is -0.318. The number of rotatable bonds is 3. The number of halogens is 1. The molecule has 2 aromatic rings. The third-order valence-electron chi connectivity index (χ3n) is 4.28. The molecule has 0 aliphatic carbocycles. The zero-order chi connectivity index (χ0) is 16.4. The Balaban J connectivity index is 0.00000208. The van der Waals surface area contributed by atoms with Crippen molar-refractivity contribution in [1.29, 1.82) is 0 Å². The van der Waals surface area contributed by atoms with Gasteiger partial charge in [0, 0.05) is 38.6 Å². The zero-order valence-electron chi connectivity index (χ0n) is 13.4. The Bertz CT molecular complexity index is 845. The van der Waals surface area contributed by atoms with Gasteiger partial charge in [0.1, 0.15) is 0 Å². The Morgan fingerprint density at radius 3 is 2.79 bits per heavy atom. The molecule has 1 fully saturated rings. The number of carbonyl (C=O) groups is 1. The van der Waals surface area contributed by atoms with Gasteiger partial charge in [-0.15, -0.1) is 12.4 Å². The van der Waals surface area contributed by atoms with Crippen molar-refractivity contribution in [2.24, 2.45) is 0 Å². The van der Waals surface area contributed by atoms with E-state index in [1.165, 1.54) is 4.57 Å². The van der Waals surface area contributed by atoms with E-state index in [9.17, 15) is 14.4 Å². The zero-order valence-corrected chi connectivity index (χ0v) is 14.3. The number of fused-ring (bicyclic) bond motifs is 1. The van der Waals surface area contributed by atoms with E-state index in [4.69, 9.17) is 0 Å². The highest BCUT2D eigenvalue weighted by molar-refractivity contribution is 5.85. The largest absolute Gasteiger partial charge is 0.337 e. The number of aryl methyl sites for hydroxylation is 1. The number of amides is 1. The van der Waals surface area contributed by atoms with Gasteiger partial charge in [0.25, 0.3) is 5.56 Å². The van der Waals surface area contributed by atoms with E-state index >= 15 is 0 Å². The molecule has 1 aromatic carbocycles. The fraction of sp³-hybridized carbons (Fsp3) is 0.438. The Kier molecular flexibility index (Phi) is 5.80. The molecule has 1 aliphatic rings. The van der Waals surface area contributed by atoms with Crippen molar-refractivity contribution in [2.75, 3.05) is 19.6 Å². The van der Waals surface area contributed by atoms with Gasteiger partial charge in [-0.3, -0.25) is 19.1 Å². The molecule has 130 valence electrons. The Labute approximate surface area is 145 Å². The third kappa shape index (κ3) is 3.52. The van der Waals surface area contributed by atoms with Crippen LogP contribution >= 0.6 is 12.4 Å². The minimum Gasteiger partial charge on any atom is -0.337 e. The van der Waals surface area contributed by atoms with Gasteiger partial charge in [-0.1, -0.05) is 12.1 Å². The van der Waals surface area contributed by atoms with Crippen LogP contribution in [0.15, 0.2) is 33.9 Å². The highest BCUT2D eigenvalue weighted by Gasteiger charge is 2.22. The molecule has 0 spiro atoms. The Hall–Kier alpha value is -2.12. The number of H-pyrrole nitrogens is 1. The van der Waals surface area contributed by atoms with Gasteiger partial charge < -0.3 is 10.2 Å². The number of carbonyl (C=O) groups excluding carboxylic acids is 1. The fourth-order valence-electron chi connectivity index (χ4n) is 3.03. The molecule has 0 saturated carbocycles. The van der Waals surface area contributed by atoms with Crippen LogP contribution in [0.4, 0.5) is 0 Å². The first-order valence-corrected chi connectivity index (χ1v) is 7.80. The van der Waals surface area contributed by atoms with Gasteiger partial charge in [0.2, 0.25) is 5.91 Å². The number of aromatic nitrogens is 2. The fourth-order valence-corrected chi connectivity index (χ4v) is 3.03. The van der Waals surface area contributed by atoms with Crippen molar-refractivity contribution >= 4 is 29.2 Å². The molecular weight excluding hydrogens is 332 g/mol. The first-order chi connectivity index (χ1) is 11.1. The molecule has 0 bridgehead atoms. The van der Waals surface area contributed by atoms with E-state index in [-0.39, 0.29) is 37.3 Å². The molecule has 3 rings (SSSR count). The van der Waals surface area contributed by atoms with E-state index in [1.807, 2.05) is 11.8 Å². The summed E-state index contributed by atoms with van der Waals surface area (Å²) in [6.45, 7) is 4.52.